The molecule has 110 valence electrons. The lowest BCUT2D eigenvalue weighted by Crippen LogP contribution is -2.63. The first-order valence-electron chi connectivity index (χ1n) is 7.38. The van der Waals surface area contributed by atoms with Gasteiger partial charge >= 0.3 is 0 Å². The smallest absolute Gasteiger partial charge is 0.234 e. The van der Waals surface area contributed by atoms with E-state index in [2.05, 4.69) is 4.90 Å². The minimum absolute atomic E-state index is 0.0809. The van der Waals surface area contributed by atoms with Gasteiger partial charge in [0.2, 0.25) is 5.91 Å². The van der Waals surface area contributed by atoms with Gasteiger partial charge < -0.3 is 15.6 Å². The van der Waals surface area contributed by atoms with E-state index in [1.54, 1.807) is 0 Å². The summed E-state index contributed by atoms with van der Waals surface area (Å²) in [6, 6.07) is -0.167. The minimum Gasteiger partial charge on any atom is -0.392 e. The molecule has 0 radical (unpaired) electrons. The van der Waals surface area contributed by atoms with E-state index in [4.69, 9.17) is 10.5 Å². The monoisotopic (exact) mass is 270 g/mol. The Kier molecular flexibility index (Phi) is 4.48. The molecule has 1 saturated heterocycles. The second-order valence-electron chi connectivity index (χ2n) is 5.79. The number of primary amides is 1. The highest BCUT2D eigenvalue weighted by Crippen LogP contribution is 2.51. The SMILES string of the molecule is CCOC1CC(O)C12CCN(C(CC)C(N)=O)CC2. The third-order valence-electron chi connectivity index (χ3n) is 4.99. The van der Waals surface area contributed by atoms with Gasteiger partial charge in [-0.3, -0.25) is 9.69 Å². The number of nitrogens with two attached hydrogens (primary N) is 1. The van der Waals surface area contributed by atoms with Crippen LogP contribution >= 0.6 is 0 Å². The summed E-state index contributed by atoms with van der Waals surface area (Å²) in [6.07, 6.45) is 3.22. The molecule has 3 unspecified atom stereocenters. The fourth-order valence-electron chi connectivity index (χ4n) is 3.71. The van der Waals surface area contributed by atoms with Gasteiger partial charge in [0.05, 0.1) is 18.2 Å². The van der Waals surface area contributed by atoms with Crippen LogP contribution in [-0.4, -0.2) is 53.9 Å². The van der Waals surface area contributed by atoms with E-state index in [0.29, 0.717) is 6.61 Å². The van der Waals surface area contributed by atoms with Crippen LogP contribution in [0.4, 0.5) is 0 Å². The molecule has 5 nitrogen and oxygen atoms in total. The maximum atomic E-state index is 11.4. The summed E-state index contributed by atoms with van der Waals surface area (Å²) < 4.78 is 5.74. The van der Waals surface area contributed by atoms with Gasteiger partial charge in [-0.25, -0.2) is 0 Å². The maximum Gasteiger partial charge on any atom is 0.234 e. The Balaban J connectivity index is 1.96. The van der Waals surface area contributed by atoms with Crippen LogP contribution in [0.3, 0.4) is 0 Å². The van der Waals surface area contributed by atoms with Crippen molar-refractivity contribution in [1.82, 2.24) is 4.90 Å². The van der Waals surface area contributed by atoms with E-state index in [1.165, 1.54) is 0 Å². The highest BCUT2D eigenvalue weighted by atomic mass is 16.5. The predicted molar refractivity (Wildman–Crippen MR) is 72.6 cm³/mol. The third kappa shape index (κ3) is 2.51. The van der Waals surface area contributed by atoms with Gasteiger partial charge in [-0.2, -0.15) is 0 Å². The molecule has 1 saturated carbocycles. The third-order valence-corrected chi connectivity index (χ3v) is 4.99. The highest BCUT2D eigenvalue weighted by Gasteiger charge is 2.56. The van der Waals surface area contributed by atoms with Crippen LogP contribution < -0.4 is 5.73 Å². The van der Waals surface area contributed by atoms with Gasteiger partial charge in [-0.1, -0.05) is 6.92 Å². The maximum absolute atomic E-state index is 11.4. The number of amides is 1. The van der Waals surface area contributed by atoms with Crippen molar-refractivity contribution in [3.8, 4) is 0 Å². The number of carbonyl (C=O) groups excluding carboxylic acids is 1. The van der Waals surface area contributed by atoms with Crippen LogP contribution in [0.5, 0.6) is 0 Å². The Labute approximate surface area is 115 Å². The fraction of sp³-hybridized carbons (Fsp3) is 0.929. The van der Waals surface area contributed by atoms with Crippen LogP contribution in [0.15, 0.2) is 0 Å². The molecular formula is C14H26N2O3. The molecule has 0 aromatic carbocycles. The second kappa shape index (κ2) is 5.77. The van der Waals surface area contributed by atoms with Crippen molar-refractivity contribution in [2.75, 3.05) is 19.7 Å². The topological polar surface area (TPSA) is 75.8 Å². The number of rotatable bonds is 5. The van der Waals surface area contributed by atoms with Crippen LogP contribution in [0, 0.1) is 5.41 Å². The number of carbonyl (C=O) groups is 1. The lowest BCUT2D eigenvalue weighted by atomic mass is 9.58. The molecule has 3 atom stereocenters. The number of hydrogen-bond acceptors (Lipinski definition) is 4. The summed E-state index contributed by atoms with van der Waals surface area (Å²) in [6.45, 7) is 6.32. The lowest BCUT2D eigenvalue weighted by Gasteiger charge is -2.57. The standard InChI is InChI=1S/C14H26N2O3/c1-3-10(13(15)18)16-7-5-14(6-8-16)11(17)9-12(14)19-4-2/h10-12,17H,3-9H2,1-2H3,(H2,15,18). The van der Waals surface area contributed by atoms with Crippen molar-refractivity contribution >= 4 is 5.91 Å². The van der Waals surface area contributed by atoms with Gasteiger partial charge in [0.1, 0.15) is 0 Å². The molecule has 0 bridgehead atoms. The molecule has 1 aliphatic heterocycles. The minimum atomic E-state index is -0.250. The number of aliphatic hydroxyl groups is 1. The van der Waals surface area contributed by atoms with Crippen molar-refractivity contribution in [1.29, 1.82) is 0 Å². The Hall–Kier alpha value is -0.650. The van der Waals surface area contributed by atoms with Crippen molar-refractivity contribution in [3.05, 3.63) is 0 Å². The van der Waals surface area contributed by atoms with E-state index in [1.807, 2.05) is 13.8 Å². The zero-order valence-corrected chi connectivity index (χ0v) is 12.0. The van der Waals surface area contributed by atoms with E-state index < -0.39 is 0 Å². The summed E-state index contributed by atoms with van der Waals surface area (Å²) in [5.41, 5.74) is 5.36. The molecule has 5 heteroatoms. The molecule has 19 heavy (non-hydrogen) atoms. The quantitative estimate of drug-likeness (QED) is 0.763. The molecule has 2 aliphatic rings. The van der Waals surface area contributed by atoms with E-state index >= 15 is 0 Å². The van der Waals surface area contributed by atoms with E-state index in [9.17, 15) is 9.90 Å². The number of likely N-dealkylation sites (tertiary alicyclic amines) is 1. The molecule has 1 aliphatic carbocycles. The molecular weight excluding hydrogens is 244 g/mol. The average Bonchev–Trinajstić information content (AvgIpc) is 2.40. The summed E-state index contributed by atoms with van der Waals surface area (Å²) in [5, 5.41) is 10.1. The number of aliphatic hydroxyl groups excluding tert-OH is 1. The zero-order valence-electron chi connectivity index (χ0n) is 12.0. The summed E-state index contributed by atoms with van der Waals surface area (Å²) >= 11 is 0. The molecule has 0 aromatic rings. The van der Waals surface area contributed by atoms with Crippen LogP contribution in [0.25, 0.3) is 0 Å². The van der Waals surface area contributed by atoms with Crippen LogP contribution in [0.2, 0.25) is 0 Å². The number of nitrogens with zero attached hydrogens (tertiary/aromatic N) is 1. The first-order valence-corrected chi connectivity index (χ1v) is 7.38. The Morgan fingerprint density at radius 1 is 1.47 bits per heavy atom. The highest BCUT2D eigenvalue weighted by molar-refractivity contribution is 5.79. The summed E-state index contributed by atoms with van der Waals surface area (Å²) in [7, 11) is 0. The lowest BCUT2D eigenvalue weighted by molar-refractivity contribution is -0.211. The Bertz CT molecular complexity index is 325. The Morgan fingerprint density at radius 2 is 2.11 bits per heavy atom. The summed E-state index contributed by atoms with van der Waals surface area (Å²) in [5.74, 6) is -0.242. The molecule has 2 fully saturated rings. The summed E-state index contributed by atoms with van der Waals surface area (Å²) in [4.78, 5) is 13.6. The average molecular weight is 270 g/mol. The molecule has 2 rings (SSSR count). The first-order chi connectivity index (χ1) is 9.05. The Morgan fingerprint density at radius 3 is 2.53 bits per heavy atom. The second-order valence-corrected chi connectivity index (χ2v) is 5.79. The van der Waals surface area contributed by atoms with Gasteiger partial charge in [0, 0.05) is 18.4 Å². The largest absolute Gasteiger partial charge is 0.392 e. The zero-order chi connectivity index (χ0) is 14.0. The number of piperidine rings is 1. The molecule has 3 N–H and O–H groups in total. The first kappa shape index (κ1) is 14.8. The van der Waals surface area contributed by atoms with Gasteiger partial charge in [0.15, 0.2) is 0 Å². The van der Waals surface area contributed by atoms with E-state index in [-0.39, 0.29) is 29.6 Å². The van der Waals surface area contributed by atoms with E-state index in [0.717, 1.165) is 38.8 Å². The van der Waals surface area contributed by atoms with Crippen LogP contribution in [-0.2, 0) is 9.53 Å². The van der Waals surface area contributed by atoms with Crippen molar-refractivity contribution in [3.63, 3.8) is 0 Å². The van der Waals surface area contributed by atoms with Crippen molar-refractivity contribution in [2.45, 2.75) is 57.8 Å². The van der Waals surface area contributed by atoms with Crippen molar-refractivity contribution < 1.29 is 14.6 Å². The van der Waals surface area contributed by atoms with Crippen LogP contribution in [0.1, 0.15) is 39.5 Å². The molecule has 1 spiro atoms. The fourth-order valence-corrected chi connectivity index (χ4v) is 3.71. The van der Waals surface area contributed by atoms with Gasteiger partial charge in [-0.05, 0) is 39.3 Å². The van der Waals surface area contributed by atoms with Gasteiger partial charge in [-0.15, -0.1) is 0 Å². The van der Waals surface area contributed by atoms with Gasteiger partial charge in [0.25, 0.3) is 0 Å². The van der Waals surface area contributed by atoms with Crippen molar-refractivity contribution in [2.24, 2.45) is 11.1 Å². The molecule has 0 aromatic heterocycles. The predicted octanol–water partition coefficient (Wildman–Crippen LogP) is 0.502. The molecule has 1 heterocycles. The number of ether oxygens (including phenoxy) is 1. The normalized spacial score (nSPS) is 31.9. The number of hydrogen-bond donors (Lipinski definition) is 2. The molecule has 1 amide bonds.